The van der Waals surface area contributed by atoms with Crippen molar-refractivity contribution < 1.29 is 24.1 Å². The molecule has 1 aromatic rings. The van der Waals surface area contributed by atoms with Gasteiger partial charge in [-0.1, -0.05) is 22.6 Å². The molecule has 1 aliphatic rings. The number of fused-ring (bicyclic) bond motifs is 1. The second kappa shape index (κ2) is 6.62. The minimum Gasteiger partial charge on any atom is -0.496 e. The van der Waals surface area contributed by atoms with Crippen LogP contribution in [0.25, 0.3) is 0 Å². The lowest BCUT2D eigenvalue weighted by atomic mass is 9.95. The first-order valence-corrected chi connectivity index (χ1v) is 7.87. The van der Waals surface area contributed by atoms with Crippen molar-refractivity contribution in [3.63, 3.8) is 0 Å². The minimum absolute atomic E-state index is 0.0375. The maximum atomic E-state index is 12.0. The Labute approximate surface area is 131 Å². The van der Waals surface area contributed by atoms with E-state index in [-0.39, 0.29) is 19.2 Å². The van der Waals surface area contributed by atoms with Gasteiger partial charge in [0.25, 0.3) is 0 Å². The Morgan fingerprint density at radius 3 is 2.75 bits per heavy atom. The fourth-order valence-electron chi connectivity index (χ4n) is 2.46. The van der Waals surface area contributed by atoms with E-state index in [1.54, 1.807) is 7.11 Å². The van der Waals surface area contributed by atoms with Crippen LogP contribution in [0.2, 0.25) is 0 Å². The predicted molar refractivity (Wildman–Crippen MR) is 82.0 cm³/mol. The molecule has 110 valence electrons. The van der Waals surface area contributed by atoms with E-state index in [2.05, 4.69) is 22.6 Å². The third-order valence-corrected chi connectivity index (χ3v) is 3.75. The van der Waals surface area contributed by atoms with Gasteiger partial charge in [0.05, 0.1) is 13.7 Å². The number of benzene rings is 1. The number of aliphatic hydroxyl groups excluding tert-OH is 1. The molecule has 0 saturated heterocycles. The van der Waals surface area contributed by atoms with Crippen LogP contribution in [0.1, 0.15) is 27.0 Å². The predicted octanol–water partition coefficient (Wildman–Crippen LogP) is 2.02. The van der Waals surface area contributed by atoms with Crippen LogP contribution in [0.15, 0.2) is 0 Å². The van der Waals surface area contributed by atoms with Crippen LogP contribution < -0.4 is 9.47 Å². The van der Waals surface area contributed by atoms with Gasteiger partial charge in [0.15, 0.2) is 0 Å². The SMILES string of the molecule is COc1c(C)c2c(c(OCCI)c1CCO)C(=O)OC2. The summed E-state index contributed by atoms with van der Waals surface area (Å²) in [6, 6.07) is 0. The molecule has 0 atom stereocenters. The van der Waals surface area contributed by atoms with E-state index < -0.39 is 0 Å². The van der Waals surface area contributed by atoms with Gasteiger partial charge in [-0.2, -0.15) is 0 Å². The summed E-state index contributed by atoms with van der Waals surface area (Å²) in [5, 5.41) is 9.27. The Kier molecular flexibility index (Phi) is 5.09. The summed E-state index contributed by atoms with van der Waals surface area (Å²) in [4.78, 5) is 12.0. The van der Waals surface area contributed by atoms with Crippen molar-refractivity contribution in [1.29, 1.82) is 0 Å². The molecule has 6 heteroatoms. The monoisotopic (exact) mass is 392 g/mol. The molecule has 0 spiro atoms. The Hall–Kier alpha value is -1.02. The summed E-state index contributed by atoms with van der Waals surface area (Å²) in [7, 11) is 1.58. The van der Waals surface area contributed by atoms with E-state index in [9.17, 15) is 9.90 Å². The molecule has 1 aromatic carbocycles. The summed E-state index contributed by atoms with van der Waals surface area (Å²) >= 11 is 2.20. The van der Waals surface area contributed by atoms with Gasteiger partial charge in [-0.3, -0.25) is 0 Å². The van der Waals surface area contributed by atoms with Gasteiger partial charge in [-0.15, -0.1) is 0 Å². The molecule has 0 aromatic heterocycles. The third-order valence-electron chi connectivity index (χ3n) is 3.31. The molecule has 1 aliphatic heterocycles. The quantitative estimate of drug-likeness (QED) is 0.456. The molecule has 2 rings (SSSR count). The van der Waals surface area contributed by atoms with Crippen LogP contribution in [-0.4, -0.2) is 35.8 Å². The minimum atomic E-state index is -0.367. The summed E-state index contributed by atoms with van der Waals surface area (Å²) in [5.74, 6) is 0.795. The zero-order chi connectivity index (χ0) is 14.7. The molecular weight excluding hydrogens is 375 g/mol. The highest BCUT2D eigenvalue weighted by atomic mass is 127. The van der Waals surface area contributed by atoms with E-state index in [4.69, 9.17) is 14.2 Å². The van der Waals surface area contributed by atoms with Crippen LogP contribution in [0.3, 0.4) is 0 Å². The van der Waals surface area contributed by atoms with E-state index in [1.807, 2.05) is 6.92 Å². The number of esters is 1. The van der Waals surface area contributed by atoms with Gasteiger partial charge >= 0.3 is 5.97 Å². The topological polar surface area (TPSA) is 65.0 Å². The van der Waals surface area contributed by atoms with Gasteiger partial charge < -0.3 is 19.3 Å². The maximum Gasteiger partial charge on any atom is 0.342 e. The van der Waals surface area contributed by atoms with E-state index in [1.165, 1.54) is 0 Å². The van der Waals surface area contributed by atoms with Crippen LogP contribution in [0.4, 0.5) is 0 Å². The largest absolute Gasteiger partial charge is 0.496 e. The maximum absolute atomic E-state index is 12.0. The Morgan fingerprint density at radius 1 is 1.40 bits per heavy atom. The third kappa shape index (κ3) is 2.58. The highest BCUT2D eigenvalue weighted by molar-refractivity contribution is 14.1. The fourth-order valence-corrected chi connectivity index (χ4v) is 2.68. The Morgan fingerprint density at radius 2 is 2.15 bits per heavy atom. The lowest BCUT2D eigenvalue weighted by molar-refractivity contribution is 0.0532. The zero-order valence-corrected chi connectivity index (χ0v) is 13.7. The van der Waals surface area contributed by atoms with E-state index >= 15 is 0 Å². The Balaban J connectivity index is 2.65. The van der Waals surface area contributed by atoms with E-state index in [0.717, 1.165) is 21.1 Å². The molecule has 1 N–H and O–H groups in total. The number of alkyl halides is 1. The lowest BCUT2D eigenvalue weighted by Crippen LogP contribution is -2.11. The van der Waals surface area contributed by atoms with Crippen molar-refractivity contribution in [2.24, 2.45) is 0 Å². The molecule has 0 saturated carbocycles. The molecule has 0 fully saturated rings. The van der Waals surface area contributed by atoms with Gasteiger partial charge in [-0.05, 0) is 12.5 Å². The van der Waals surface area contributed by atoms with Crippen molar-refractivity contribution >= 4 is 28.6 Å². The Bertz CT molecular complexity index is 527. The van der Waals surface area contributed by atoms with Gasteiger partial charge in [0, 0.05) is 28.6 Å². The van der Waals surface area contributed by atoms with Crippen LogP contribution in [0, 0.1) is 6.92 Å². The number of hydrogen-bond acceptors (Lipinski definition) is 5. The highest BCUT2D eigenvalue weighted by Gasteiger charge is 2.33. The van der Waals surface area contributed by atoms with Crippen molar-refractivity contribution in [1.82, 2.24) is 0 Å². The number of ether oxygens (including phenoxy) is 3. The molecule has 20 heavy (non-hydrogen) atoms. The summed E-state index contributed by atoms with van der Waals surface area (Å²) < 4.78 is 17.1. The van der Waals surface area contributed by atoms with Crippen molar-refractivity contribution in [2.75, 3.05) is 24.8 Å². The zero-order valence-electron chi connectivity index (χ0n) is 11.5. The molecule has 0 aliphatic carbocycles. The lowest BCUT2D eigenvalue weighted by Gasteiger charge is -2.19. The van der Waals surface area contributed by atoms with Gasteiger partial charge in [0.1, 0.15) is 23.7 Å². The normalized spacial score (nSPS) is 13.1. The second-order valence-corrected chi connectivity index (χ2v) is 5.49. The number of rotatable bonds is 6. The summed E-state index contributed by atoms with van der Waals surface area (Å²) in [5.41, 5.74) is 2.90. The first-order valence-electron chi connectivity index (χ1n) is 6.34. The first-order chi connectivity index (χ1) is 9.65. The standard InChI is InChI=1S/C14H17IO5/c1-8-10-7-20-14(17)11(10)13(19-6-4-15)9(3-5-16)12(8)18-2/h16H,3-7H2,1-2H3. The van der Waals surface area contributed by atoms with Gasteiger partial charge in [0.2, 0.25) is 0 Å². The molecule has 0 amide bonds. The molecule has 0 bridgehead atoms. The van der Waals surface area contributed by atoms with Crippen LogP contribution >= 0.6 is 22.6 Å². The fraction of sp³-hybridized carbons (Fsp3) is 0.500. The van der Waals surface area contributed by atoms with E-state index in [0.29, 0.717) is 30.1 Å². The molecule has 0 unspecified atom stereocenters. The average Bonchev–Trinajstić information content (AvgIpc) is 2.82. The average molecular weight is 392 g/mol. The highest BCUT2D eigenvalue weighted by Crippen LogP contribution is 2.42. The van der Waals surface area contributed by atoms with Crippen molar-refractivity contribution in [3.05, 3.63) is 22.3 Å². The summed E-state index contributed by atoms with van der Waals surface area (Å²) in [6.45, 7) is 2.59. The molecule has 0 radical (unpaired) electrons. The van der Waals surface area contributed by atoms with Crippen molar-refractivity contribution in [3.8, 4) is 11.5 Å². The molecular formula is C14H17IO5. The van der Waals surface area contributed by atoms with Crippen LogP contribution in [0.5, 0.6) is 11.5 Å². The first kappa shape index (κ1) is 15.4. The number of carbonyl (C=O) groups excluding carboxylic acids is 1. The molecule has 1 heterocycles. The number of methoxy groups -OCH3 is 1. The van der Waals surface area contributed by atoms with Crippen molar-refractivity contribution in [2.45, 2.75) is 20.0 Å². The number of hydrogen-bond donors (Lipinski definition) is 1. The number of cyclic esters (lactones) is 1. The number of aliphatic hydroxyl groups is 1. The van der Waals surface area contributed by atoms with Crippen LogP contribution in [-0.2, 0) is 17.8 Å². The smallest absolute Gasteiger partial charge is 0.342 e. The molecule has 5 nitrogen and oxygen atoms in total. The summed E-state index contributed by atoms with van der Waals surface area (Å²) in [6.07, 6.45) is 0.376. The van der Waals surface area contributed by atoms with Gasteiger partial charge in [-0.25, -0.2) is 4.79 Å². The number of carbonyl (C=O) groups is 1. The number of halogens is 1. The second-order valence-electron chi connectivity index (χ2n) is 4.41.